The molecular weight excluding hydrogens is 248 g/mol. The quantitative estimate of drug-likeness (QED) is 0.846. The molecule has 2 heteroatoms. The maximum absolute atomic E-state index is 12.6. The normalized spacial score (nSPS) is 45.0. The maximum Gasteiger partial charge on any atom is 0.293 e. The van der Waals surface area contributed by atoms with Crippen LogP contribution in [0.3, 0.4) is 0 Å². The number of ketones is 1. The third-order valence-electron chi connectivity index (χ3n) is 5.93. The van der Waals surface area contributed by atoms with Gasteiger partial charge in [0, 0.05) is 14.5 Å². The average Bonchev–Trinajstić information content (AvgIpc) is 2.75. The number of hydrogen-bond donors (Lipinski definition) is 1. The van der Waals surface area contributed by atoms with Crippen molar-refractivity contribution in [2.75, 3.05) is 0 Å². The van der Waals surface area contributed by atoms with E-state index in [4.69, 9.17) is 6.91 Å². The SMILES string of the molecule is [2H]Oc1c([2H])cc2c(c1[2H])CC[C@@H]1[C@@H]2CC[C@]2(C)C(=O)C([2H])([2H])C[C@@H]12. The van der Waals surface area contributed by atoms with E-state index in [-0.39, 0.29) is 47.8 Å². The van der Waals surface area contributed by atoms with Crippen molar-refractivity contribution in [3.05, 3.63) is 29.3 Å². The zero-order chi connectivity index (χ0) is 18.1. The van der Waals surface area contributed by atoms with Gasteiger partial charge < -0.3 is 5.11 Å². The van der Waals surface area contributed by atoms with Crippen molar-refractivity contribution in [3.8, 4) is 5.75 Å². The van der Waals surface area contributed by atoms with Gasteiger partial charge in [-0.2, -0.15) is 0 Å². The van der Waals surface area contributed by atoms with Crippen LogP contribution in [0.4, 0.5) is 0 Å². The molecule has 3 aliphatic rings. The molecule has 2 saturated carbocycles. The molecule has 1 N–H and O–H groups in total. The number of carbonyl (C=O) groups excluding carboxylic acids is 1. The van der Waals surface area contributed by atoms with Crippen molar-refractivity contribution in [1.82, 2.24) is 0 Å². The Kier molecular flexibility index (Phi) is 1.68. The van der Waals surface area contributed by atoms with Crippen LogP contribution < -0.4 is 0 Å². The molecule has 4 atom stereocenters. The first-order chi connectivity index (χ1) is 11.7. The summed E-state index contributed by atoms with van der Waals surface area (Å²) >= 11 is 0. The van der Waals surface area contributed by atoms with Crippen molar-refractivity contribution < 1.29 is 15.4 Å². The molecule has 0 aliphatic heterocycles. The van der Waals surface area contributed by atoms with Crippen LogP contribution in [0.1, 0.15) is 61.5 Å². The number of aromatic hydroxyl groups is 1. The lowest BCUT2D eigenvalue weighted by Crippen LogP contribution is -2.42. The lowest BCUT2D eigenvalue weighted by Gasteiger charge is -2.48. The van der Waals surface area contributed by atoms with E-state index in [0.29, 0.717) is 12.8 Å². The minimum atomic E-state index is -1.74. The third-order valence-corrected chi connectivity index (χ3v) is 5.93. The summed E-state index contributed by atoms with van der Waals surface area (Å²) in [5.74, 6) is 0.169. The van der Waals surface area contributed by atoms with E-state index in [1.807, 2.05) is 6.92 Å². The van der Waals surface area contributed by atoms with Gasteiger partial charge in [-0.25, -0.2) is 0 Å². The highest BCUT2D eigenvalue weighted by molar-refractivity contribution is 5.87. The molecule has 0 spiro atoms. The van der Waals surface area contributed by atoms with Crippen molar-refractivity contribution in [2.45, 2.75) is 51.3 Å². The molecule has 0 aromatic heterocycles. The summed E-state index contributed by atoms with van der Waals surface area (Å²) in [4.78, 5) is 12.6. The van der Waals surface area contributed by atoms with E-state index in [9.17, 15) is 4.79 Å². The van der Waals surface area contributed by atoms with E-state index < -0.39 is 11.8 Å². The minimum absolute atomic E-state index is 0.00484. The van der Waals surface area contributed by atoms with Gasteiger partial charge >= 0.3 is 0 Å². The summed E-state index contributed by atoms with van der Waals surface area (Å²) in [6.07, 6.45) is 1.48. The van der Waals surface area contributed by atoms with E-state index in [1.54, 1.807) is 6.07 Å². The first kappa shape index (κ1) is 8.21. The van der Waals surface area contributed by atoms with Crippen molar-refractivity contribution in [3.63, 3.8) is 0 Å². The van der Waals surface area contributed by atoms with Crippen molar-refractivity contribution in [1.29, 1.82) is 1.43 Å². The predicted octanol–water partition coefficient (Wildman–Crippen LogP) is 3.82. The fourth-order valence-corrected chi connectivity index (χ4v) is 4.78. The molecular formula is C18H22O2. The molecule has 0 unspecified atom stereocenters. The number of rotatable bonds is 1. The number of benzene rings is 1. The van der Waals surface area contributed by atoms with Gasteiger partial charge in [0.2, 0.25) is 0 Å². The van der Waals surface area contributed by atoms with Gasteiger partial charge in [-0.05, 0) is 73.1 Å². The maximum atomic E-state index is 12.6. The number of phenols is 1. The number of hydrogen-bond acceptors (Lipinski definition) is 2. The van der Waals surface area contributed by atoms with Crippen LogP contribution in [-0.4, -0.2) is 12.3 Å². The first-order valence-electron chi connectivity index (χ1n) is 9.92. The van der Waals surface area contributed by atoms with E-state index in [2.05, 4.69) is 5.11 Å². The van der Waals surface area contributed by atoms with Crippen LogP contribution in [0, 0.1) is 17.3 Å². The Labute approximate surface area is 127 Å². The summed E-state index contributed by atoms with van der Waals surface area (Å²) in [6, 6.07) is 1.93. The van der Waals surface area contributed by atoms with E-state index in [0.717, 1.165) is 24.0 Å². The van der Waals surface area contributed by atoms with Crippen molar-refractivity contribution >= 4 is 5.78 Å². The predicted molar refractivity (Wildman–Crippen MR) is 77.7 cm³/mol. The number of Topliss-reactive ketones (excluding diaryl/α,β-unsaturated/α-hetero) is 1. The second kappa shape index (κ2) is 4.09. The molecule has 3 aliphatic carbocycles. The van der Waals surface area contributed by atoms with Crippen molar-refractivity contribution in [2.24, 2.45) is 17.3 Å². The standard InChI is InChI=1S/C18H22O2/c1-18-9-8-14-13-5-3-12(19)10-11(13)2-4-15(14)16(18)6-7-17(18)20/h3,5,10,14-16,19H,2,4,6-9H2,1H3/t14-,15-,16+,18+/m1/s1/i3D,7D2,10D/hD. The number of phenolic OH excluding ortho intramolecular Hbond substituents is 1. The molecule has 4 rings (SSSR count). The van der Waals surface area contributed by atoms with Crippen LogP contribution >= 0.6 is 0 Å². The van der Waals surface area contributed by atoms with Gasteiger partial charge in [-0.15, -0.1) is 0 Å². The highest BCUT2D eigenvalue weighted by atomic mass is 16.3. The van der Waals surface area contributed by atoms with Gasteiger partial charge in [-0.1, -0.05) is 13.0 Å². The van der Waals surface area contributed by atoms with Gasteiger partial charge in [0.05, 0.1) is 2.74 Å². The summed E-state index contributed by atoms with van der Waals surface area (Å²) in [5.41, 5.74) is 1.25. The fraction of sp³-hybridized carbons (Fsp3) is 0.611. The fourth-order valence-electron chi connectivity index (χ4n) is 4.78. The molecule has 0 radical (unpaired) electrons. The summed E-state index contributed by atoms with van der Waals surface area (Å²) in [6.45, 7) is 1.93. The Hall–Kier alpha value is -1.31. The molecule has 0 amide bonds. The largest absolute Gasteiger partial charge is 0.508 e. The number of fused-ring (bicyclic) bond motifs is 5. The lowest BCUT2D eigenvalue weighted by molar-refractivity contribution is -0.129. The summed E-state index contributed by atoms with van der Waals surface area (Å²) in [5, 5.41) is 4.49. The van der Waals surface area contributed by atoms with Crippen LogP contribution in [0.15, 0.2) is 18.2 Å². The number of carbonyl (C=O) groups is 1. The third kappa shape index (κ3) is 1.54. The lowest BCUT2D eigenvalue weighted by atomic mass is 9.55. The first-order valence-corrected chi connectivity index (χ1v) is 7.52. The molecule has 20 heavy (non-hydrogen) atoms. The molecule has 1 aromatic rings. The molecule has 0 bridgehead atoms. The van der Waals surface area contributed by atoms with Crippen LogP contribution in [0.2, 0.25) is 0 Å². The highest BCUT2D eigenvalue weighted by Gasteiger charge is 2.54. The Bertz CT molecular complexity index is 762. The summed E-state index contributed by atoms with van der Waals surface area (Å²) < 4.78 is 39.6. The Morgan fingerprint density at radius 2 is 2.40 bits per heavy atom. The monoisotopic (exact) mass is 275 g/mol. The van der Waals surface area contributed by atoms with Gasteiger partial charge in [0.1, 0.15) is 11.5 Å². The van der Waals surface area contributed by atoms with Crippen LogP contribution in [0.5, 0.6) is 5.75 Å². The molecule has 2 nitrogen and oxygen atoms in total. The Morgan fingerprint density at radius 1 is 1.50 bits per heavy atom. The van der Waals surface area contributed by atoms with Crippen LogP contribution in [0.25, 0.3) is 0 Å². The van der Waals surface area contributed by atoms with Crippen LogP contribution in [-0.2, 0) is 11.2 Å². The van der Waals surface area contributed by atoms with E-state index in [1.165, 1.54) is 0 Å². The second-order valence-electron chi connectivity index (χ2n) is 6.76. The summed E-state index contributed by atoms with van der Waals surface area (Å²) in [7, 11) is 0. The minimum Gasteiger partial charge on any atom is -0.508 e. The van der Waals surface area contributed by atoms with Gasteiger partial charge in [0.25, 0.3) is 1.43 Å². The molecule has 0 heterocycles. The molecule has 106 valence electrons. The highest BCUT2D eigenvalue weighted by Crippen LogP contribution is 2.59. The van der Waals surface area contributed by atoms with Gasteiger partial charge in [-0.3, -0.25) is 4.79 Å². The Balaban J connectivity index is 1.77. The zero-order valence-electron chi connectivity index (χ0n) is 16.7. The second-order valence-corrected chi connectivity index (χ2v) is 6.76. The Morgan fingerprint density at radius 3 is 3.25 bits per heavy atom. The van der Waals surface area contributed by atoms with E-state index >= 15 is 0 Å². The smallest absolute Gasteiger partial charge is 0.293 e. The zero-order valence-corrected chi connectivity index (χ0v) is 11.7. The topological polar surface area (TPSA) is 37.3 Å². The van der Waals surface area contributed by atoms with Gasteiger partial charge in [0.15, 0.2) is 0 Å². The molecule has 1 aromatic carbocycles. The molecule has 2 fully saturated rings. The average molecular weight is 275 g/mol. The molecule has 0 saturated heterocycles.